The summed E-state index contributed by atoms with van der Waals surface area (Å²) in [4.78, 5) is 3.65. The Morgan fingerprint density at radius 3 is 2.12 bits per heavy atom. The van der Waals surface area contributed by atoms with Crippen LogP contribution in [0.5, 0.6) is 23.0 Å². The summed E-state index contributed by atoms with van der Waals surface area (Å²) in [6.45, 7) is 2.81. The van der Waals surface area contributed by atoms with E-state index in [1.165, 1.54) is 4.88 Å². The highest BCUT2D eigenvalue weighted by Gasteiger charge is 2.33. The third-order valence-electron chi connectivity index (χ3n) is 4.84. The van der Waals surface area contributed by atoms with Gasteiger partial charge in [0.05, 0.1) is 33.5 Å². The van der Waals surface area contributed by atoms with Gasteiger partial charge < -0.3 is 18.9 Å². The maximum absolute atomic E-state index is 6.06. The molecule has 1 heterocycles. The van der Waals surface area contributed by atoms with E-state index in [-0.39, 0.29) is 5.54 Å². The van der Waals surface area contributed by atoms with Crippen LogP contribution in [0.1, 0.15) is 24.6 Å². The molecule has 0 aliphatic heterocycles. The number of thiophene rings is 1. The number of ether oxygens (including phenoxy) is 4. The molecule has 0 N–H and O–H groups in total. The molecule has 2 aromatic rings. The molecule has 0 aliphatic rings. The van der Waals surface area contributed by atoms with E-state index in [9.17, 15) is 0 Å². The van der Waals surface area contributed by atoms with Crippen LogP contribution in [0.25, 0.3) is 0 Å². The standard InChI is InChI=1S/C20H29NO4S/c1-7-20(21(2)3,18-9-8-12-26-18)10-11-25-15-13-16(22-4)19(24-6)17(14-15)23-5/h8-9,12-14H,7,10-11H2,1-6H3. The van der Waals surface area contributed by atoms with Gasteiger partial charge in [-0.25, -0.2) is 0 Å². The minimum Gasteiger partial charge on any atom is -0.493 e. The lowest BCUT2D eigenvalue weighted by Gasteiger charge is -2.38. The van der Waals surface area contributed by atoms with Crippen LogP contribution in [0.4, 0.5) is 0 Å². The minimum absolute atomic E-state index is 0.0329. The molecule has 0 aliphatic carbocycles. The van der Waals surface area contributed by atoms with Crippen molar-refractivity contribution in [3.8, 4) is 23.0 Å². The van der Waals surface area contributed by atoms with Crippen LogP contribution in [-0.4, -0.2) is 46.9 Å². The molecule has 0 bridgehead atoms. The molecule has 1 atom stereocenters. The summed E-state index contributed by atoms with van der Waals surface area (Å²) < 4.78 is 22.2. The number of benzene rings is 1. The maximum Gasteiger partial charge on any atom is 0.203 e. The molecule has 2 rings (SSSR count). The number of hydrogen-bond acceptors (Lipinski definition) is 6. The summed E-state index contributed by atoms with van der Waals surface area (Å²) in [7, 11) is 9.05. The normalized spacial score (nSPS) is 13.3. The van der Waals surface area contributed by atoms with Crippen molar-refractivity contribution in [3.63, 3.8) is 0 Å². The zero-order chi connectivity index (χ0) is 19.2. The fourth-order valence-corrected chi connectivity index (χ4v) is 4.37. The lowest BCUT2D eigenvalue weighted by molar-refractivity contribution is 0.111. The smallest absolute Gasteiger partial charge is 0.203 e. The topological polar surface area (TPSA) is 40.2 Å². The van der Waals surface area contributed by atoms with Crippen molar-refractivity contribution in [2.24, 2.45) is 0 Å². The van der Waals surface area contributed by atoms with Gasteiger partial charge in [-0.05, 0) is 32.0 Å². The van der Waals surface area contributed by atoms with Gasteiger partial charge in [0.15, 0.2) is 11.5 Å². The first kappa shape index (κ1) is 20.4. The molecule has 5 nitrogen and oxygen atoms in total. The van der Waals surface area contributed by atoms with Gasteiger partial charge in [-0.3, -0.25) is 4.90 Å². The van der Waals surface area contributed by atoms with Crippen LogP contribution in [0.3, 0.4) is 0 Å². The average Bonchev–Trinajstić information content (AvgIpc) is 3.19. The van der Waals surface area contributed by atoms with Gasteiger partial charge in [-0.2, -0.15) is 0 Å². The highest BCUT2D eigenvalue weighted by atomic mass is 32.1. The first-order valence-corrected chi connectivity index (χ1v) is 9.54. The van der Waals surface area contributed by atoms with E-state index in [1.807, 2.05) is 12.1 Å². The van der Waals surface area contributed by atoms with Crippen LogP contribution in [0.2, 0.25) is 0 Å². The van der Waals surface area contributed by atoms with Crippen molar-refractivity contribution in [1.29, 1.82) is 0 Å². The quantitative estimate of drug-likeness (QED) is 0.611. The monoisotopic (exact) mass is 379 g/mol. The van der Waals surface area contributed by atoms with E-state index < -0.39 is 0 Å². The second kappa shape index (κ2) is 9.14. The molecule has 0 amide bonds. The Balaban J connectivity index is 2.17. The number of methoxy groups -OCH3 is 3. The van der Waals surface area contributed by atoms with Crippen LogP contribution in [0, 0.1) is 0 Å². The van der Waals surface area contributed by atoms with Crippen LogP contribution < -0.4 is 18.9 Å². The molecule has 1 unspecified atom stereocenters. The molecule has 0 spiro atoms. The van der Waals surface area contributed by atoms with Gasteiger partial charge in [0.1, 0.15) is 5.75 Å². The highest BCUT2D eigenvalue weighted by Crippen LogP contribution is 2.41. The van der Waals surface area contributed by atoms with Crippen molar-refractivity contribution >= 4 is 11.3 Å². The predicted octanol–water partition coefficient (Wildman–Crippen LogP) is 4.41. The number of nitrogens with zero attached hydrogens (tertiary/aromatic N) is 1. The highest BCUT2D eigenvalue weighted by molar-refractivity contribution is 7.10. The average molecular weight is 380 g/mol. The summed E-state index contributed by atoms with van der Waals surface area (Å²) in [6, 6.07) is 7.97. The Labute approximate surface area is 160 Å². The fourth-order valence-electron chi connectivity index (χ4n) is 3.26. The molecule has 0 saturated carbocycles. The van der Waals surface area contributed by atoms with E-state index in [0.29, 0.717) is 29.6 Å². The van der Waals surface area contributed by atoms with E-state index in [2.05, 4.69) is 43.4 Å². The third-order valence-corrected chi connectivity index (χ3v) is 5.91. The van der Waals surface area contributed by atoms with Crippen molar-refractivity contribution in [2.45, 2.75) is 25.3 Å². The van der Waals surface area contributed by atoms with Crippen molar-refractivity contribution in [2.75, 3.05) is 42.0 Å². The van der Waals surface area contributed by atoms with Crippen molar-refractivity contribution in [1.82, 2.24) is 4.90 Å². The van der Waals surface area contributed by atoms with Crippen LogP contribution >= 0.6 is 11.3 Å². The first-order valence-electron chi connectivity index (χ1n) is 8.66. The molecule has 1 aromatic carbocycles. The Morgan fingerprint density at radius 2 is 1.69 bits per heavy atom. The Kier molecular flexibility index (Phi) is 7.17. The Morgan fingerprint density at radius 1 is 1.04 bits per heavy atom. The van der Waals surface area contributed by atoms with E-state index in [1.54, 1.807) is 32.7 Å². The summed E-state index contributed by atoms with van der Waals surface area (Å²) in [5, 5.41) is 2.13. The summed E-state index contributed by atoms with van der Waals surface area (Å²) in [6.07, 6.45) is 1.90. The van der Waals surface area contributed by atoms with E-state index in [0.717, 1.165) is 12.8 Å². The zero-order valence-corrected chi connectivity index (χ0v) is 17.3. The first-order chi connectivity index (χ1) is 12.5. The second-order valence-electron chi connectivity index (χ2n) is 6.22. The molecular weight excluding hydrogens is 350 g/mol. The molecule has 1 aromatic heterocycles. The van der Waals surface area contributed by atoms with Crippen LogP contribution in [-0.2, 0) is 5.54 Å². The summed E-state index contributed by atoms with van der Waals surface area (Å²) in [5.41, 5.74) is -0.0329. The number of hydrogen-bond donors (Lipinski definition) is 0. The SMILES string of the molecule is CCC(CCOc1cc(OC)c(OC)c(OC)c1)(c1cccs1)N(C)C. The predicted molar refractivity (Wildman–Crippen MR) is 106 cm³/mol. The van der Waals surface area contributed by atoms with E-state index >= 15 is 0 Å². The molecule has 6 heteroatoms. The number of rotatable bonds is 10. The molecule has 26 heavy (non-hydrogen) atoms. The largest absolute Gasteiger partial charge is 0.493 e. The van der Waals surface area contributed by atoms with Crippen LogP contribution in [0.15, 0.2) is 29.6 Å². The molecule has 0 saturated heterocycles. The molecule has 0 radical (unpaired) electrons. The minimum atomic E-state index is -0.0329. The zero-order valence-electron chi connectivity index (χ0n) is 16.5. The summed E-state index contributed by atoms with van der Waals surface area (Å²) in [5.74, 6) is 2.45. The molecule has 0 fully saturated rings. The summed E-state index contributed by atoms with van der Waals surface area (Å²) >= 11 is 1.79. The van der Waals surface area contributed by atoms with Gasteiger partial charge in [-0.1, -0.05) is 13.0 Å². The third kappa shape index (κ3) is 4.07. The second-order valence-corrected chi connectivity index (χ2v) is 7.16. The lowest BCUT2D eigenvalue weighted by Crippen LogP contribution is -2.41. The van der Waals surface area contributed by atoms with Gasteiger partial charge in [0.25, 0.3) is 0 Å². The van der Waals surface area contributed by atoms with Gasteiger partial charge in [-0.15, -0.1) is 11.3 Å². The fraction of sp³-hybridized carbons (Fsp3) is 0.500. The van der Waals surface area contributed by atoms with Gasteiger partial charge in [0.2, 0.25) is 5.75 Å². The Bertz CT molecular complexity index is 662. The molecule has 144 valence electrons. The lowest BCUT2D eigenvalue weighted by atomic mass is 9.89. The maximum atomic E-state index is 6.06. The van der Waals surface area contributed by atoms with Gasteiger partial charge >= 0.3 is 0 Å². The van der Waals surface area contributed by atoms with Gasteiger partial charge in [0, 0.05) is 23.4 Å². The van der Waals surface area contributed by atoms with Crippen molar-refractivity contribution < 1.29 is 18.9 Å². The van der Waals surface area contributed by atoms with Crippen molar-refractivity contribution in [3.05, 3.63) is 34.5 Å². The van der Waals surface area contributed by atoms with E-state index in [4.69, 9.17) is 18.9 Å². The molecular formula is C20H29NO4S. The Hall–Kier alpha value is -1.92.